The van der Waals surface area contributed by atoms with Gasteiger partial charge in [0.05, 0.1) is 6.61 Å². The first-order chi connectivity index (χ1) is 8.00. The summed E-state index contributed by atoms with van der Waals surface area (Å²) in [5.74, 6) is -0.265. The van der Waals surface area contributed by atoms with Gasteiger partial charge in [0, 0.05) is 24.3 Å². The van der Waals surface area contributed by atoms with Crippen molar-refractivity contribution in [3.8, 4) is 0 Å². The molecule has 4 nitrogen and oxygen atoms in total. The monoisotopic (exact) mass is 310 g/mol. The van der Waals surface area contributed by atoms with Crippen LogP contribution in [0.1, 0.15) is 10.5 Å². The van der Waals surface area contributed by atoms with Crippen molar-refractivity contribution in [1.29, 1.82) is 0 Å². The molecular formula is C10H13BrF2N2O2. The topological polar surface area (TPSA) is 43.3 Å². The van der Waals surface area contributed by atoms with Crippen molar-refractivity contribution in [3.63, 3.8) is 0 Å². The molecule has 0 aliphatic heterocycles. The lowest BCUT2D eigenvalue weighted by Gasteiger charge is -2.06. The first kappa shape index (κ1) is 14.1. The zero-order valence-corrected chi connectivity index (χ0v) is 10.8. The number of hydrogen-bond acceptors (Lipinski definition) is 2. The summed E-state index contributed by atoms with van der Waals surface area (Å²) in [4.78, 5) is 11.6. The Hall–Kier alpha value is -0.950. The lowest BCUT2D eigenvalue weighted by Crippen LogP contribution is -2.29. The fourth-order valence-electron chi connectivity index (χ4n) is 1.25. The van der Waals surface area contributed by atoms with E-state index in [1.54, 1.807) is 23.9 Å². The third-order valence-electron chi connectivity index (χ3n) is 1.98. The van der Waals surface area contributed by atoms with E-state index in [4.69, 9.17) is 0 Å². The highest BCUT2D eigenvalue weighted by Crippen LogP contribution is 2.13. The minimum absolute atomic E-state index is 0.0711. The molecule has 1 aromatic rings. The number of carbonyl (C=O) groups is 1. The Morgan fingerprint density at radius 1 is 1.65 bits per heavy atom. The molecule has 1 heterocycles. The Kier molecular flexibility index (Phi) is 5.57. The number of ether oxygens (including phenoxy) is 1. The van der Waals surface area contributed by atoms with E-state index in [0.29, 0.717) is 5.69 Å². The molecule has 0 aliphatic carbocycles. The van der Waals surface area contributed by atoms with Gasteiger partial charge in [0.25, 0.3) is 12.3 Å². The number of halogens is 3. The van der Waals surface area contributed by atoms with E-state index in [-0.39, 0.29) is 19.1 Å². The molecule has 1 N–H and O–H groups in total. The van der Waals surface area contributed by atoms with Crippen LogP contribution in [0.25, 0.3) is 0 Å². The van der Waals surface area contributed by atoms with Crippen LogP contribution in [0.3, 0.4) is 0 Å². The van der Waals surface area contributed by atoms with Crippen LogP contribution in [0.5, 0.6) is 0 Å². The van der Waals surface area contributed by atoms with Gasteiger partial charge in [-0.3, -0.25) is 4.79 Å². The van der Waals surface area contributed by atoms with Crippen LogP contribution in [0, 0.1) is 0 Å². The van der Waals surface area contributed by atoms with E-state index in [1.165, 1.54) is 0 Å². The van der Waals surface area contributed by atoms with Crippen molar-refractivity contribution in [2.45, 2.75) is 6.43 Å². The Bertz CT molecular complexity index is 382. The molecule has 0 spiro atoms. The lowest BCUT2D eigenvalue weighted by atomic mass is 10.4. The zero-order valence-electron chi connectivity index (χ0n) is 9.25. The van der Waals surface area contributed by atoms with Gasteiger partial charge in [-0.25, -0.2) is 8.78 Å². The second-order valence-electron chi connectivity index (χ2n) is 3.38. The van der Waals surface area contributed by atoms with Crippen LogP contribution in [0.4, 0.5) is 8.78 Å². The first-order valence-electron chi connectivity index (χ1n) is 4.96. The number of nitrogens with one attached hydrogen (secondary N) is 1. The molecule has 1 amide bonds. The first-order valence-corrected chi connectivity index (χ1v) is 5.76. The van der Waals surface area contributed by atoms with Crippen LogP contribution in [0.15, 0.2) is 16.7 Å². The normalized spacial score (nSPS) is 10.9. The fourth-order valence-corrected chi connectivity index (χ4v) is 1.77. The SMILES string of the molecule is Cn1cc(Br)cc1C(=O)NCCOCC(F)F. The van der Waals surface area contributed by atoms with Crippen LogP contribution < -0.4 is 5.32 Å². The minimum Gasteiger partial charge on any atom is -0.374 e. The molecule has 0 aliphatic rings. The van der Waals surface area contributed by atoms with E-state index in [2.05, 4.69) is 26.0 Å². The van der Waals surface area contributed by atoms with E-state index >= 15 is 0 Å². The standard InChI is InChI=1S/C10H13BrF2N2O2/c1-15-5-7(11)4-8(15)10(16)14-2-3-17-6-9(12)13/h4-5,9H,2-3,6H2,1H3,(H,14,16). The van der Waals surface area contributed by atoms with Gasteiger partial charge in [-0.15, -0.1) is 0 Å². The Morgan fingerprint density at radius 2 is 2.35 bits per heavy atom. The molecular weight excluding hydrogens is 298 g/mol. The molecule has 0 fully saturated rings. The van der Waals surface area contributed by atoms with Crippen molar-refractivity contribution in [2.75, 3.05) is 19.8 Å². The number of amides is 1. The predicted octanol–water partition coefficient (Wildman–Crippen LogP) is 1.80. The average Bonchev–Trinajstić information content (AvgIpc) is 2.56. The number of aryl methyl sites for hydroxylation is 1. The molecule has 1 aromatic heterocycles. The van der Waals surface area contributed by atoms with Gasteiger partial charge in [0.15, 0.2) is 0 Å². The lowest BCUT2D eigenvalue weighted by molar-refractivity contribution is 0.0188. The predicted molar refractivity (Wildman–Crippen MR) is 62.3 cm³/mol. The molecule has 17 heavy (non-hydrogen) atoms. The van der Waals surface area contributed by atoms with E-state index in [1.807, 2.05) is 0 Å². The number of hydrogen-bond donors (Lipinski definition) is 1. The van der Waals surface area contributed by atoms with Gasteiger partial charge in [-0.2, -0.15) is 0 Å². The summed E-state index contributed by atoms with van der Waals surface area (Å²) in [5.41, 5.74) is 0.491. The molecule has 96 valence electrons. The fraction of sp³-hybridized carbons (Fsp3) is 0.500. The number of carbonyl (C=O) groups excluding carboxylic acids is 1. The molecule has 0 bridgehead atoms. The van der Waals surface area contributed by atoms with Gasteiger partial charge in [-0.1, -0.05) is 0 Å². The van der Waals surface area contributed by atoms with Crippen molar-refractivity contribution < 1.29 is 18.3 Å². The second-order valence-corrected chi connectivity index (χ2v) is 4.29. The summed E-state index contributed by atoms with van der Waals surface area (Å²) in [7, 11) is 1.74. The maximum atomic E-state index is 11.7. The molecule has 0 atom stereocenters. The largest absolute Gasteiger partial charge is 0.374 e. The quantitative estimate of drug-likeness (QED) is 0.814. The van der Waals surface area contributed by atoms with Gasteiger partial charge < -0.3 is 14.6 Å². The maximum absolute atomic E-state index is 11.7. The molecule has 0 saturated heterocycles. The number of aromatic nitrogens is 1. The van der Waals surface area contributed by atoms with Crippen LogP contribution >= 0.6 is 15.9 Å². The number of nitrogens with zero attached hydrogens (tertiary/aromatic N) is 1. The highest BCUT2D eigenvalue weighted by Gasteiger charge is 2.10. The van der Waals surface area contributed by atoms with Crippen molar-refractivity contribution in [1.82, 2.24) is 9.88 Å². The second kappa shape index (κ2) is 6.70. The molecule has 0 unspecified atom stereocenters. The van der Waals surface area contributed by atoms with E-state index in [0.717, 1.165) is 4.47 Å². The summed E-state index contributed by atoms with van der Waals surface area (Å²) in [6.45, 7) is -0.332. The molecule has 0 radical (unpaired) electrons. The summed E-state index contributed by atoms with van der Waals surface area (Å²) >= 11 is 3.25. The van der Waals surface area contributed by atoms with E-state index < -0.39 is 13.0 Å². The third-order valence-corrected chi connectivity index (χ3v) is 2.41. The van der Waals surface area contributed by atoms with Crippen LogP contribution in [0.2, 0.25) is 0 Å². The minimum atomic E-state index is -2.48. The Labute approximate surface area is 106 Å². The summed E-state index contributed by atoms with van der Waals surface area (Å²) in [5, 5.41) is 2.58. The highest BCUT2D eigenvalue weighted by molar-refractivity contribution is 9.10. The molecule has 1 rings (SSSR count). The third kappa shape index (κ3) is 4.82. The average molecular weight is 311 g/mol. The van der Waals surface area contributed by atoms with Gasteiger partial charge in [0.1, 0.15) is 12.3 Å². The van der Waals surface area contributed by atoms with Crippen LogP contribution in [-0.4, -0.2) is 36.7 Å². The van der Waals surface area contributed by atoms with Gasteiger partial charge in [0.2, 0.25) is 0 Å². The number of rotatable bonds is 6. The zero-order chi connectivity index (χ0) is 12.8. The van der Waals surface area contributed by atoms with Gasteiger partial charge in [-0.05, 0) is 22.0 Å². The summed E-state index contributed by atoms with van der Waals surface area (Å²) in [6, 6.07) is 1.68. The van der Waals surface area contributed by atoms with Crippen molar-refractivity contribution in [2.24, 2.45) is 7.05 Å². The Balaban J connectivity index is 2.28. The molecule has 0 aromatic carbocycles. The highest BCUT2D eigenvalue weighted by atomic mass is 79.9. The van der Waals surface area contributed by atoms with Crippen molar-refractivity contribution >= 4 is 21.8 Å². The maximum Gasteiger partial charge on any atom is 0.268 e. The van der Waals surface area contributed by atoms with Gasteiger partial charge >= 0.3 is 0 Å². The van der Waals surface area contributed by atoms with Crippen LogP contribution in [-0.2, 0) is 11.8 Å². The Morgan fingerprint density at radius 3 is 2.88 bits per heavy atom. The summed E-state index contributed by atoms with van der Waals surface area (Å²) < 4.78 is 30.5. The van der Waals surface area contributed by atoms with Crippen molar-refractivity contribution in [3.05, 3.63) is 22.4 Å². The summed E-state index contributed by atoms with van der Waals surface area (Å²) in [6.07, 6.45) is -0.725. The molecule has 0 saturated carbocycles. The smallest absolute Gasteiger partial charge is 0.268 e. The van der Waals surface area contributed by atoms with E-state index in [9.17, 15) is 13.6 Å². The number of alkyl halides is 2. The molecule has 7 heteroatoms.